The standard InChI is InChI=1S/C15H21ClN4/c1-9-14-15(19(2)18-9)20(13(17-14)5-6-16)12-8-10-3-4-11(12)7-10/h10-12H,3-8H2,1-2H3. The van der Waals surface area contributed by atoms with E-state index in [2.05, 4.69) is 9.67 Å². The molecule has 108 valence electrons. The number of fused-ring (bicyclic) bond motifs is 3. The zero-order valence-corrected chi connectivity index (χ0v) is 12.9. The molecule has 3 atom stereocenters. The highest BCUT2D eigenvalue weighted by atomic mass is 35.5. The first-order valence-electron chi connectivity index (χ1n) is 7.65. The summed E-state index contributed by atoms with van der Waals surface area (Å²) in [6.45, 7) is 2.05. The quantitative estimate of drug-likeness (QED) is 0.814. The molecule has 2 bridgehead atoms. The van der Waals surface area contributed by atoms with Crippen LogP contribution in [0.3, 0.4) is 0 Å². The Balaban J connectivity index is 1.89. The average Bonchev–Trinajstić information content (AvgIpc) is 3.13. The van der Waals surface area contributed by atoms with Gasteiger partial charge < -0.3 is 4.57 Å². The van der Waals surface area contributed by atoms with E-state index in [1.165, 1.54) is 31.3 Å². The Kier molecular flexibility index (Phi) is 2.85. The molecule has 5 heteroatoms. The number of hydrogen-bond donors (Lipinski definition) is 0. The predicted molar refractivity (Wildman–Crippen MR) is 80.1 cm³/mol. The maximum atomic E-state index is 5.99. The van der Waals surface area contributed by atoms with Crippen LogP contribution in [0.1, 0.15) is 43.2 Å². The van der Waals surface area contributed by atoms with Gasteiger partial charge in [0.15, 0.2) is 5.65 Å². The zero-order valence-electron chi connectivity index (χ0n) is 12.1. The van der Waals surface area contributed by atoms with Gasteiger partial charge in [0, 0.05) is 25.4 Å². The number of aromatic nitrogens is 4. The smallest absolute Gasteiger partial charge is 0.158 e. The van der Waals surface area contributed by atoms with Crippen LogP contribution in [-0.4, -0.2) is 25.2 Å². The lowest BCUT2D eigenvalue weighted by Gasteiger charge is -2.25. The normalized spacial score (nSPS) is 28.9. The van der Waals surface area contributed by atoms with Crippen molar-refractivity contribution in [3.05, 3.63) is 11.5 Å². The Morgan fingerprint density at radius 2 is 2.15 bits per heavy atom. The molecule has 2 saturated carbocycles. The van der Waals surface area contributed by atoms with Crippen molar-refractivity contribution < 1.29 is 0 Å². The van der Waals surface area contributed by atoms with Crippen molar-refractivity contribution >= 4 is 22.8 Å². The summed E-state index contributed by atoms with van der Waals surface area (Å²) >= 11 is 5.99. The second-order valence-electron chi connectivity index (χ2n) is 6.46. The van der Waals surface area contributed by atoms with Gasteiger partial charge in [0.1, 0.15) is 11.3 Å². The molecular formula is C15H21ClN4. The SMILES string of the molecule is Cc1nn(C)c2c1nc(CCCl)n2C1CC2CCC1C2. The predicted octanol–water partition coefficient (Wildman–Crippen LogP) is 3.22. The number of aryl methyl sites for hydroxylation is 3. The van der Waals surface area contributed by atoms with Crippen LogP contribution in [-0.2, 0) is 13.5 Å². The average molecular weight is 293 g/mol. The van der Waals surface area contributed by atoms with Gasteiger partial charge in [-0.25, -0.2) is 4.98 Å². The maximum Gasteiger partial charge on any atom is 0.158 e. The van der Waals surface area contributed by atoms with Crippen molar-refractivity contribution in [1.29, 1.82) is 0 Å². The molecule has 20 heavy (non-hydrogen) atoms. The number of halogens is 1. The van der Waals surface area contributed by atoms with Gasteiger partial charge >= 0.3 is 0 Å². The fourth-order valence-electron chi connectivity index (χ4n) is 4.48. The third-order valence-electron chi connectivity index (χ3n) is 5.26. The molecule has 0 saturated heterocycles. The molecule has 0 aromatic carbocycles. The van der Waals surface area contributed by atoms with E-state index >= 15 is 0 Å². The molecule has 4 rings (SSSR count). The van der Waals surface area contributed by atoms with Crippen molar-refractivity contribution in [1.82, 2.24) is 19.3 Å². The fourth-order valence-corrected chi connectivity index (χ4v) is 4.65. The van der Waals surface area contributed by atoms with E-state index in [4.69, 9.17) is 16.6 Å². The van der Waals surface area contributed by atoms with Crippen molar-refractivity contribution in [3.63, 3.8) is 0 Å². The highest BCUT2D eigenvalue weighted by molar-refractivity contribution is 6.17. The molecule has 2 heterocycles. The summed E-state index contributed by atoms with van der Waals surface area (Å²) in [7, 11) is 2.03. The molecule has 2 aromatic heterocycles. The topological polar surface area (TPSA) is 35.6 Å². The fraction of sp³-hybridized carbons (Fsp3) is 0.733. The summed E-state index contributed by atoms with van der Waals surface area (Å²) in [5, 5.41) is 4.55. The lowest BCUT2D eigenvalue weighted by atomic mass is 9.95. The van der Waals surface area contributed by atoms with Gasteiger partial charge in [-0.05, 0) is 38.0 Å². The Morgan fingerprint density at radius 1 is 1.30 bits per heavy atom. The number of alkyl halides is 1. The van der Waals surface area contributed by atoms with Gasteiger partial charge in [0.25, 0.3) is 0 Å². The third kappa shape index (κ3) is 1.67. The maximum absolute atomic E-state index is 5.99. The highest BCUT2D eigenvalue weighted by Gasteiger charge is 2.42. The molecule has 2 aromatic rings. The van der Waals surface area contributed by atoms with E-state index in [0.29, 0.717) is 11.9 Å². The Hall–Kier alpha value is -1.03. The molecule has 0 N–H and O–H groups in total. The van der Waals surface area contributed by atoms with E-state index in [9.17, 15) is 0 Å². The van der Waals surface area contributed by atoms with E-state index in [0.717, 1.165) is 35.3 Å². The summed E-state index contributed by atoms with van der Waals surface area (Å²) in [6, 6.07) is 0.617. The van der Waals surface area contributed by atoms with Crippen molar-refractivity contribution in [2.75, 3.05) is 5.88 Å². The second kappa shape index (κ2) is 4.48. The van der Waals surface area contributed by atoms with E-state index in [1.54, 1.807) is 0 Å². The Morgan fingerprint density at radius 3 is 2.80 bits per heavy atom. The molecule has 0 radical (unpaired) electrons. The molecule has 4 nitrogen and oxygen atoms in total. The van der Waals surface area contributed by atoms with Crippen molar-refractivity contribution in [2.24, 2.45) is 18.9 Å². The van der Waals surface area contributed by atoms with Crippen LogP contribution in [0, 0.1) is 18.8 Å². The summed E-state index contributed by atoms with van der Waals surface area (Å²) in [5.41, 5.74) is 3.29. The summed E-state index contributed by atoms with van der Waals surface area (Å²) in [5.74, 6) is 3.56. The highest BCUT2D eigenvalue weighted by Crippen LogP contribution is 2.51. The molecule has 0 amide bonds. The van der Waals surface area contributed by atoms with Crippen LogP contribution in [0.15, 0.2) is 0 Å². The van der Waals surface area contributed by atoms with E-state index in [1.807, 2.05) is 18.7 Å². The molecule has 2 aliphatic carbocycles. The summed E-state index contributed by atoms with van der Waals surface area (Å²) < 4.78 is 4.48. The molecule has 3 unspecified atom stereocenters. The molecule has 2 fully saturated rings. The Bertz CT molecular complexity index is 656. The van der Waals surface area contributed by atoms with Crippen LogP contribution in [0.25, 0.3) is 11.2 Å². The number of hydrogen-bond acceptors (Lipinski definition) is 2. The number of imidazole rings is 1. The molecular weight excluding hydrogens is 272 g/mol. The second-order valence-corrected chi connectivity index (χ2v) is 6.84. The van der Waals surface area contributed by atoms with Gasteiger partial charge in [-0.1, -0.05) is 6.42 Å². The van der Waals surface area contributed by atoms with Gasteiger partial charge in [-0.15, -0.1) is 11.6 Å². The van der Waals surface area contributed by atoms with Gasteiger partial charge in [-0.2, -0.15) is 5.10 Å². The van der Waals surface area contributed by atoms with Crippen LogP contribution in [0.5, 0.6) is 0 Å². The van der Waals surface area contributed by atoms with E-state index in [-0.39, 0.29) is 0 Å². The summed E-state index contributed by atoms with van der Waals surface area (Å²) in [6.07, 6.45) is 6.38. The monoisotopic (exact) mass is 292 g/mol. The van der Waals surface area contributed by atoms with E-state index < -0.39 is 0 Å². The first kappa shape index (κ1) is 12.7. The van der Waals surface area contributed by atoms with Gasteiger partial charge in [0.05, 0.1) is 5.69 Å². The lowest BCUT2D eigenvalue weighted by molar-refractivity contribution is 0.326. The first-order chi connectivity index (χ1) is 9.69. The van der Waals surface area contributed by atoms with Crippen molar-refractivity contribution in [3.8, 4) is 0 Å². The van der Waals surface area contributed by atoms with Crippen LogP contribution >= 0.6 is 11.6 Å². The lowest BCUT2D eigenvalue weighted by Crippen LogP contribution is -2.20. The number of rotatable bonds is 3. The van der Waals surface area contributed by atoms with Crippen molar-refractivity contribution in [2.45, 2.75) is 45.1 Å². The first-order valence-corrected chi connectivity index (χ1v) is 8.19. The molecule has 2 aliphatic rings. The minimum absolute atomic E-state index is 0.617. The zero-order chi connectivity index (χ0) is 13.9. The largest absolute Gasteiger partial charge is 0.309 e. The van der Waals surface area contributed by atoms with Gasteiger partial charge in [-0.3, -0.25) is 4.68 Å². The molecule has 0 spiro atoms. The summed E-state index contributed by atoms with van der Waals surface area (Å²) in [4.78, 5) is 4.85. The van der Waals surface area contributed by atoms with Crippen LogP contribution < -0.4 is 0 Å². The number of nitrogens with zero attached hydrogens (tertiary/aromatic N) is 4. The third-order valence-corrected chi connectivity index (χ3v) is 5.45. The molecule has 0 aliphatic heterocycles. The van der Waals surface area contributed by atoms with Gasteiger partial charge in [0.2, 0.25) is 0 Å². The van der Waals surface area contributed by atoms with Crippen LogP contribution in [0.2, 0.25) is 0 Å². The minimum atomic E-state index is 0.617. The minimum Gasteiger partial charge on any atom is -0.309 e. The van der Waals surface area contributed by atoms with Crippen LogP contribution in [0.4, 0.5) is 0 Å². The Labute approximate surface area is 124 Å².